The van der Waals surface area contributed by atoms with Crippen molar-refractivity contribution in [3.8, 4) is 16.9 Å². The number of benzene rings is 2. The third-order valence-electron chi connectivity index (χ3n) is 4.24. The number of aromatic hydroxyl groups is 1. The lowest BCUT2D eigenvalue weighted by Gasteiger charge is -2.13. The van der Waals surface area contributed by atoms with Crippen molar-refractivity contribution < 1.29 is 19.8 Å². The van der Waals surface area contributed by atoms with Gasteiger partial charge in [-0.05, 0) is 35.4 Å². The highest BCUT2D eigenvalue weighted by Crippen LogP contribution is 2.30. The second-order valence-electron chi connectivity index (χ2n) is 6.02. The average molecular weight is 367 g/mol. The van der Waals surface area contributed by atoms with Gasteiger partial charge < -0.3 is 25.8 Å². The molecule has 0 saturated heterocycles. The zero-order valence-corrected chi connectivity index (χ0v) is 14.4. The van der Waals surface area contributed by atoms with Gasteiger partial charge in [0, 0.05) is 18.1 Å². The third-order valence-corrected chi connectivity index (χ3v) is 4.24. The molecule has 0 fully saturated rings. The number of hydrogen-bond acceptors (Lipinski definition) is 5. The largest absolute Gasteiger partial charge is 0.506 e. The van der Waals surface area contributed by atoms with Gasteiger partial charge in [0.25, 0.3) is 11.5 Å². The molecule has 3 aromatic rings. The number of aliphatic carboxylic acids is 1. The van der Waals surface area contributed by atoms with Crippen LogP contribution in [0.15, 0.2) is 47.3 Å². The standard InChI is InChI=1S/C19H17N3O5/c1-22-14-8-11(10-2-5-12(20)6-3-10)4-7-13(14)17(25)16(19(22)27)18(26)21-9-15(23)24/h2-8,25H,9,20H2,1H3,(H,21,26)(H,23,24). The van der Waals surface area contributed by atoms with Gasteiger partial charge in [0.2, 0.25) is 0 Å². The van der Waals surface area contributed by atoms with E-state index in [1.165, 1.54) is 11.6 Å². The van der Waals surface area contributed by atoms with Crippen LogP contribution in [0.25, 0.3) is 22.0 Å². The van der Waals surface area contributed by atoms with Gasteiger partial charge in [-0.15, -0.1) is 0 Å². The Hall–Kier alpha value is -3.81. The van der Waals surface area contributed by atoms with Gasteiger partial charge in [0.1, 0.15) is 17.9 Å². The highest BCUT2D eigenvalue weighted by molar-refractivity contribution is 6.03. The van der Waals surface area contributed by atoms with Crippen molar-refractivity contribution in [2.75, 3.05) is 12.3 Å². The molecule has 138 valence electrons. The molecule has 1 amide bonds. The molecular formula is C19H17N3O5. The number of amides is 1. The third kappa shape index (κ3) is 3.32. The molecule has 0 aliphatic rings. The minimum atomic E-state index is -1.26. The minimum absolute atomic E-state index is 0.303. The van der Waals surface area contributed by atoms with Crippen molar-refractivity contribution in [2.45, 2.75) is 0 Å². The summed E-state index contributed by atoms with van der Waals surface area (Å²) in [5.74, 6) is -2.69. The van der Waals surface area contributed by atoms with Crippen LogP contribution in [0.5, 0.6) is 5.75 Å². The second kappa shape index (κ2) is 6.83. The number of carboxylic acid groups (broad SMARTS) is 1. The number of carbonyl (C=O) groups excluding carboxylic acids is 1. The summed E-state index contributed by atoms with van der Waals surface area (Å²) >= 11 is 0. The van der Waals surface area contributed by atoms with E-state index in [1.54, 1.807) is 30.3 Å². The Kier molecular flexibility index (Phi) is 4.55. The van der Waals surface area contributed by atoms with E-state index in [2.05, 4.69) is 5.32 Å². The van der Waals surface area contributed by atoms with E-state index in [9.17, 15) is 19.5 Å². The first-order valence-electron chi connectivity index (χ1n) is 8.01. The molecule has 1 heterocycles. The normalized spacial score (nSPS) is 10.7. The van der Waals surface area contributed by atoms with Crippen molar-refractivity contribution in [3.63, 3.8) is 0 Å². The Bertz CT molecular complexity index is 1120. The zero-order valence-electron chi connectivity index (χ0n) is 14.4. The van der Waals surface area contributed by atoms with Crippen LogP contribution in [0.4, 0.5) is 5.69 Å². The lowest BCUT2D eigenvalue weighted by molar-refractivity contribution is -0.135. The number of carboxylic acids is 1. The van der Waals surface area contributed by atoms with Gasteiger partial charge in [-0.1, -0.05) is 18.2 Å². The summed E-state index contributed by atoms with van der Waals surface area (Å²) in [6, 6.07) is 12.3. The Labute approximate surface area is 153 Å². The average Bonchev–Trinajstić information content (AvgIpc) is 2.65. The SMILES string of the molecule is Cn1c(=O)c(C(=O)NCC(=O)O)c(O)c2ccc(-c3ccc(N)cc3)cc21. The zero-order chi connectivity index (χ0) is 19.7. The molecule has 0 bridgehead atoms. The number of rotatable bonds is 4. The summed E-state index contributed by atoms with van der Waals surface area (Å²) in [6.07, 6.45) is 0. The molecule has 0 saturated carbocycles. The first kappa shape index (κ1) is 18.0. The number of fused-ring (bicyclic) bond motifs is 1. The van der Waals surface area contributed by atoms with Gasteiger partial charge in [0.15, 0.2) is 0 Å². The van der Waals surface area contributed by atoms with Gasteiger partial charge in [-0.2, -0.15) is 0 Å². The monoisotopic (exact) mass is 367 g/mol. The number of nitrogens with zero attached hydrogens (tertiary/aromatic N) is 1. The molecule has 0 radical (unpaired) electrons. The molecule has 5 N–H and O–H groups in total. The number of pyridine rings is 1. The molecule has 1 aromatic heterocycles. The first-order valence-corrected chi connectivity index (χ1v) is 8.01. The summed E-state index contributed by atoms with van der Waals surface area (Å²) in [5, 5.41) is 21.5. The van der Waals surface area contributed by atoms with Crippen LogP contribution < -0.4 is 16.6 Å². The molecule has 2 aromatic carbocycles. The van der Waals surface area contributed by atoms with E-state index in [0.717, 1.165) is 11.1 Å². The maximum atomic E-state index is 12.6. The van der Waals surface area contributed by atoms with Crippen LogP contribution in [0.3, 0.4) is 0 Å². The van der Waals surface area contributed by atoms with Gasteiger partial charge >= 0.3 is 5.97 Å². The second-order valence-corrected chi connectivity index (χ2v) is 6.02. The number of carbonyl (C=O) groups is 2. The Morgan fingerprint density at radius 2 is 1.74 bits per heavy atom. The fraction of sp³-hybridized carbons (Fsp3) is 0.105. The number of nitrogens with two attached hydrogens (primary N) is 1. The summed E-state index contributed by atoms with van der Waals surface area (Å²) in [5.41, 5.74) is 7.22. The minimum Gasteiger partial charge on any atom is -0.506 e. The predicted molar refractivity (Wildman–Crippen MR) is 101 cm³/mol. The Balaban J connectivity index is 2.14. The number of anilines is 1. The lowest BCUT2D eigenvalue weighted by Crippen LogP contribution is -2.35. The molecule has 0 unspecified atom stereocenters. The topological polar surface area (TPSA) is 135 Å². The molecule has 27 heavy (non-hydrogen) atoms. The van der Waals surface area contributed by atoms with Crippen molar-refractivity contribution in [1.29, 1.82) is 0 Å². The van der Waals surface area contributed by atoms with Gasteiger partial charge in [-0.25, -0.2) is 0 Å². The van der Waals surface area contributed by atoms with Gasteiger partial charge in [0.05, 0.1) is 5.52 Å². The van der Waals surface area contributed by atoms with E-state index in [4.69, 9.17) is 10.8 Å². The molecule has 0 aliphatic heterocycles. The van der Waals surface area contributed by atoms with E-state index < -0.39 is 35.3 Å². The highest BCUT2D eigenvalue weighted by atomic mass is 16.4. The van der Waals surface area contributed by atoms with Crippen LogP contribution >= 0.6 is 0 Å². The summed E-state index contributed by atoms with van der Waals surface area (Å²) in [7, 11) is 1.48. The van der Waals surface area contributed by atoms with E-state index in [1.807, 2.05) is 12.1 Å². The lowest BCUT2D eigenvalue weighted by atomic mass is 10.0. The number of nitrogen functional groups attached to an aromatic ring is 1. The summed E-state index contributed by atoms with van der Waals surface area (Å²) in [6.45, 7) is -0.657. The fourth-order valence-electron chi connectivity index (χ4n) is 2.83. The van der Waals surface area contributed by atoms with Crippen molar-refractivity contribution in [1.82, 2.24) is 9.88 Å². The maximum absolute atomic E-state index is 12.6. The molecule has 8 heteroatoms. The number of nitrogens with one attached hydrogen (secondary N) is 1. The highest BCUT2D eigenvalue weighted by Gasteiger charge is 2.21. The van der Waals surface area contributed by atoms with E-state index >= 15 is 0 Å². The Morgan fingerprint density at radius 1 is 1.11 bits per heavy atom. The van der Waals surface area contributed by atoms with Crippen LogP contribution in [-0.4, -0.2) is 33.2 Å². The van der Waals surface area contributed by atoms with Crippen LogP contribution in [0.2, 0.25) is 0 Å². The molecule has 8 nitrogen and oxygen atoms in total. The first-order chi connectivity index (χ1) is 12.8. The van der Waals surface area contributed by atoms with Crippen molar-refractivity contribution >= 4 is 28.5 Å². The number of aromatic nitrogens is 1. The Morgan fingerprint density at radius 3 is 2.37 bits per heavy atom. The predicted octanol–water partition coefficient (Wildman–Crippen LogP) is 1.31. The van der Waals surface area contributed by atoms with Crippen molar-refractivity contribution in [3.05, 3.63) is 58.4 Å². The van der Waals surface area contributed by atoms with Crippen molar-refractivity contribution in [2.24, 2.45) is 7.05 Å². The van der Waals surface area contributed by atoms with Gasteiger partial charge in [-0.3, -0.25) is 14.4 Å². The van der Waals surface area contributed by atoms with Crippen LogP contribution in [-0.2, 0) is 11.8 Å². The quantitative estimate of drug-likeness (QED) is 0.514. The number of hydrogen-bond donors (Lipinski definition) is 4. The summed E-state index contributed by atoms with van der Waals surface area (Å²) < 4.78 is 1.24. The summed E-state index contributed by atoms with van der Waals surface area (Å²) in [4.78, 5) is 35.3. The van der Waals surface area contributed by atoms with E-state index in [0.29, 0.717) is 16.6 Å². The molecule has 0 spiro atoms. The molecule has 3 rings (SSSR count). The fourth-order valence-corrected chi connectivity index (χ4v) is 2.83. The molecular weight excluding hydrogens is 350 g/mol. The molecule has 0 atom stereocenters. The number of aryl methyl sites for hydroxylation is 1. The maximum Gasteiger partial charge on any atom is 0.322 e. The van der Waals surface area contributed by atoms with Crippen LogP contribution in [0.1, 0.15) is 10.4 Å². The van der Waals surface area contributed by atoms with E-state index in [-0.39, 0.29) is 0 Å². The molecule has 0 aliphatic carbocycles. The smallest absolute Gasteiger partial charge is 0.322 e. The van der Waals surface area contributed by atoms with Crippen LogP contribution in [0, 0.1) is 0 Å².